The first kappa shape index (κ1) is 20.3. The predicted octanol–water partition coefficient (Wildman–Crippen LogP) is 2.60. The summed E-state index contributed by atoms with van der Waals surface area (Å²) < 4.78 is 44.1. The number of hydrogen-bond acceptors (Lipinski definition) is 4. The molecule has 2 aromatic carbocycles. The van der Waals surface area contributed by atoms with Crippen LogP contribution in [-0.4, -0.2) is 23.1 Å². The van der Waals surface area contributed by atoms with Crippen LogP contribution in [0.5, 0.6) is 0 Å². The molecule has 7 heteroatoms. The molecule has 0 aliphatic carbocycles. The Kier molecular flexibility index (Phi) is 6.71. The van der Waals surface area contributed by atoms with Gasteiger partial charge in [0.2, 0.25) is 10.0 Å². The van der Waals surface area contributed by atoms with Gasteiger partial charge in [-0.1, -0.05) is 42.3 Å². The Hall–Kier alpha value is -1.70. The lowest BCUT2D eigenvalue weighted by atomic mass is 10.1. The van der Waals surface area contributed by atoms with Crippen molar-refractivity contribution in [2.45, 2.75) is 37.0 Å². The molecule has 0 aliphatic heterocycles. The molecule has 0 bridgehead atoms. The number of nitrogens with two attached hydrogens (primary N) is 1. The average Bonchev–Trinajstić information content (AvgIpc) is 2.46. The van der Waals surface area contributed by atoms with Crippen LogP contribution >= 0.6 is 0 Å². The van der Waals surface area contributed by atoms with Crippen LogP contribution in [0.2, 0.25) is 0 Å². The number of benzene rings is 2. The smallest absolute Gasteiger partial charge is 0.225 e. The lowest BCUT2D eigenvalue weighted by Gasteiger charge is -2.05. The zero-order valence-electron chi connectivity index (χ0n) is 14.3. The molecule has 0 radical (unpaired) electrons. The molecule has 0 saturated heterocycles. The van der Waals surface area contributed by atoms with E-state index in [4.69, 9.17) is 5.14 Å². The fourth-order valence-electron chi connectivity index (χ4n) is 2.05. The van der Waals surface area contributed by atoms with Crippen molar-refractivity contribution in [3.05, 3.63) is 59.2 Å². The second-order valence-electron chi connectivity index (χ2n) is 5.59. The monoisotopic (exact) mass is 369 g/mol. The molecule has 0 heterocycles. The highest BCUT2D eigenvalue weighted by molar-refractivity contribution is 7.90. The molecular weight excluding hydrogens is 346 g/mol. The summed E-state index contributed by atoms with van der Waals surface area (Å²) >= 11 is 0. The van der Waals surface area contributed by atoms with Gasteiger partial charge in [0, 0.05) is 6.26 Å². The molecule has 0 atom stereocenters. The second-order valence-corrected chi connectivity index (χ2v) is 9.14. The van der Waals surface area contributed by atoms with Crippen molar-refractivity contribution in [1.29, 1.82) is 0 Å². The molecule has 0 amide bonds. The first-order chi connectivity index (χ1) is 10.9. The van der Waals surface area contributed by atoms with Crippen molar-refractivity contribution in [3.8, 4) is 0 Å². The van der Waals surface area contributed by atoms with Crippen LogP contribution in [0.15, 0.2) is 52.3 Å². The number of sulfonamides is 1. The van der Waals surface area contributed by atoms with Gasteiger partial charge in [-0.2, -0.15) is 0 Å². The Morgan fingerprint density at radius 2 is 1.38 bits per heavy atom. The van der Waals surface area contributed by atoms with Gasteiger partial charge in [0.15, 0.2) is 9.84 Å². The van der Waals surface area contributed by atoms with Crippen LogP contribution in [0, 0.1) is 13.8 Å². The summed E-state index contributed by atoms with van der Waals surface area (Å²) in [5, 5.41) is 5.06. The second kappa shape index (κ2) is 7.92. The third-order valence-electron chi connectivity index (χ3n) is 3.35. The Balaban J connectivity index is 0.000000243. The highest BCUT2D eigenvalue weighted by Crippen LogP contribution is 2.16. The fraction of sp³-hybridized carbons (Fsp3) is 0.294. The summed E-state index contributed by atoms with van der Waals surface area (Å²) in [6.45, 7) is 5.75. The molecule has 5 nitrogen and oxygen atoms in total. The van der Waals surface area contributed by atoms with Gasteiger partial charge in [-0.15, -0.1) is 0 Å². The van der Waals surface area contributed by atoms with E-state index in [1.807, 2.05) is 26.8 Å². The van der Waals surface area contributed by atoms with E-state index >= 15 is 0 Å². The third kappa shape index (κ3) is 6.07. The van der Waals surface area contributed by atoms with Crippen molar-refractivity contribution in [2.24, 2.45) is 5.14 Å². The van der Waals surface area contributed by atoms with E-state index < -0.39 is 19.9 Å². The summed E-state index contributed by atoms with van der Waals surface area (Å²) in [5.41, 5.74) is 2.89. The van der Waals surface area contributed by atoms with Gasteiger partial charge in [-0.3, -0.25) is 0 Å². The van der Waals surface area contributed by atoms with Crippen LogP contribution in [-0.2, 0) is 26.3 Å². The first-order valence-electron chi connectivity index (χ1n) is 7.34. The molecule has 2 N–H and O–H groups in total. The van der Waals surface area contributed by atoms with Gasteiger partial charge >= 0.3 is 0 Å². The molecule has 0 aromatic heterocycles. The molecule has 2 rings (SSSR count). The Morgan fingerprint density at radius 1 is 0.875 bits per heavy atom. The minimum atomic E-state index is -3.56. The standard InChI is InChI=1S/C9H13NO2S.C8H10O2S/c1-3-8-6-7(2)4-5-9(8)13(10,11)12;1-7-3-5-8(6-4-7)11(2,9)10/h4-6H,3H2,1-2H3,(H2,10,11,12);3-6H,1-2H3. The van der Waals surface area contributed by atoms with E-state index in [2.05, 4.69) is 0 Å². The van der Waals surface area contributed by atoms with Gasteiger partial charge in [-0.25, -0.2) is 22.0 Å². The summed E-state index contributed by atoms with van der Waals surface area (Å²) in [5.74, 6) is 0. The van der Waals surface area contributed by atoms with Gasteiger partial charge in [0.1, 0.15) is 0 Å². The van der Waals surface area contributed by atoms with Crippen LogP contribution in [0.3, 0.4) is 0 Å². The maximum Gasteiger partial charge on any atom is 0.238 e. The SMILES string of the molecule is CCc1cc(C)ccc1S(N)(=O)=O.Cc1ccc(S(C)(=O)=O)cc1. The molecule has 132 valence electrons. The topological polar surface area (TPSA) is 94.3 Å². The predicted molar refractivity (Wildman–Crippen MR) is 96.2 cm³/mol. The summed E-state index contributed by atoms with van der Waals surface area (Å²) in [7, 11) is -6.58. The van der Waals surface area contributed by atoms with E-state index in [-0.39, 0.29) is 4.90 Å². The minimum absolute atomic E-state index is 0.237. The summed E-state index contributed by atoms with van der Waals surface area (Å²) in [6.07, 6.45) is 1.88. The fourth-order valence-corrected chi connectivity index (χ4v) is 3.50. The lowest BCUT2D eigenvalue weighted by molar-refractivity contribution is 0.596. The molecule has 0 spiro atoms. The third-order valence-corrected chi connectivity index (χ3v) is 5.49. The maximum atomic E-state index is 11.1. The average molecular weight is 370 g/mol. The zero-order valence-corrected chi connectivity index (χ0v) is 15.9. The molecule has 0 unspecified atom stereocenters. The normalized spacial score (nSPS) is 11.5. The maximum absolute atomic E-state index is 11.1. The van der Waals surface area contributed by atoms with E-state index in [1.54, 1.807) is 36.4 Å². The van der Waals surface area contributed by atoms with Crippen LogP contribution in [0.4, 0.5) is 0 Å². The highest BCUT2D eigenvalue weighted by atomic mass is 32.2. The van der Waals surface area contributed by atoms with Gasteiger partial charge in [0.05, 0.1) is 9.79 Å². The number of primary sulfonamides is 1. The molecule has 0 saturated carbocycles. The Bertz CT molecular complexity index is 900. The zero-order chi connectivity index (χ0) is 18.5. The molecule has 0 fully saturated rings. The van der Waals surface area contributed by atoms with E-state index in [9.17, 15) is 16.8 Å². The van der Waals surface area contributed by atoms with Crippen molar-refractivity contribution in [2.75, 3.05) is 6.26 Å². The van der Waals surface area contributed by atoms with Gasteiger partial charge in [0.25, 0.3) is 0 Å². The molecule has 0 aliphatic rings. The number of sulfone groups is 1. The highest BCUT2D eigenvalue weighted by Gasteiger charge is 2.11. The van der Waals surface area contributed by atoms with Crippen LogP contribution in [0.1, 0.15) is 23.6 Å². The number of aryl methyl sites for hydroxylation is 3. The van der Waals surface area contributed by atoms with Crippen molar-refractivity contribution < 1.29 is 16.8 Å². The van der Waals surface area contributed by atoms with Crippen molar-refractivity contribution in [1.82, 2.24) is 0 Å². The molecule has 2 aromatic rings. The van der Waals surface area contributed by atoms with E-state index in [0.29, 0.717) is 11.3 Å². The van der Waals surface area contributed by atoms with Gasteiger partial charge in [-0.05, 0) is 44.0 Å². The summed E-state index contributed by atoms with van der Waals surface area (Å²) in [6, 6.07) is 12.0. The Labute approximate surface area is 144 Å². The number of hydrogen-bond donors (Lipinski definition) is 1. The summed E-state index contributed by atoms with van der Waals surface area (Å²) in [4.78, 5) is 0.615. The first-order valence-corrected chi connectivity index (χ1v) is 10.8. The Morgan fingerprint density at radius 3 is 1.79 bits per heavy atom. The molecule has 24 heavy (non-hydrogen) atoms. The lowest BCUT2D eigenvalue weighted by Crippen LogP contribution is -2.14. The largest absolute Gasteiger partial charge is 0.238 e. The van der Waals surface area contributed by atoms with Crippen LogP contribution < -0.4 is 5.14 Å². The van der Waals surface area contributed by atoms with E-state index in [1.165, 1.54) is 6.26 Å². The molecular formula is C17H23NO4S2. The minimum Gasteiger partial charge on any atom is -0.225 e. The van der Waals surface area contributed by atoms with Crippen molar-refractivity contribution >= 4 is 19.9 Å². The quantitative estimate of drug-likeness (QED) is 0.900. The van der Waals surface area contributed by atoms with Crippen molar-refractivity contribution in [3.63, 3.8) is 0 Å². The number of rotatable bonds is 3. The van der Waals surface area contributed by atoms with Gasteiger partial charge < -0.3 is 0 Å². The van der Waals surface area contributed by atoms with E-state index in [0.717, 1.165) is 16.7 Å². The van der Waals surface area contributed by atoms with Crippen LogP contribution in [0.25, 0.3) is 0 Å².